The van der Waals surface area contributed by atoms with Gasteiger partial charge in [0.05, 0.1) is 21.4 Å². The first-order valence-corrected chi connectivity index (χ1v) is 7.42. The Morgan fingerprint density at radius 1 is 1.10 bits per heavy atom. The van der Waals surface area contributed by atoms with Gasteiger partial charge in [-0.05, 0) is 18.2 Å². The van der Waals surface area contributed by atoms with Crippen LogP contribution in [0.15, 0.2) is 58.3 Å². The third-order valence-corrected chi connectivity index (χ3v) is 4.97. The summed E-state index contributed by atoms with van der Waals surface area (Å²) < 4.78 is 12.4. The van der Waals surface area contributed by atoms with Crippen molar-refractivity contribution in [3.8, 4) is 0 Å². The maximum absolute atomic E-state index is 12.4. The Morgan fingerprint density at radius 2 is 1.75 bits per heavy atom. The molecule has 20 heavy (non-hydrogen) atoms. The van der Waals surface area contributed by atoms with Crippen molar-refractivity contribution in [1.82, 2.24) is 0 Å². The van der Waals surface area contributed by atoms with Crippen molar-refractivity contribution in [1.29, 1.82) is 5.41 Å². The molecule has 0 saturated carbocycles. The average molecular weight is 304 g/mol. The molecule has 1 heterocycles. The fourth-order valence-electron chi connectivity index (χ4n) is 2.14. The molecule has 0 radical (unpaired) electrons. The number of hydrogen-bond acceptors (Lipinski definition) is 3. The molecule has 0 aromatic heterocycles. The lowest BCUT2D eigenvalue weighted by molar-refractivity contribution is 0.511. The minimum Gasteiger partial charge on any atom is -0.506 e. The van der Waals surface area contributed by atoms with Gasteiger partial charge in [0, 0.05) is 16.1 Å². The largest absolute Gasteiger partial charge is 0.506 e. The van der Waals surface area contributed by atoms with E-state index in [1.807, 2.05) is 0 Å². The monoisotopic (exact) mass is 303 g/mol. The highest BCUT2D eigenvalue weighted by Crippen LogP contribution is 2.37. The third kappa shape index (κ3) is 1.88. The highest BCUT2D eigenvalue weighted by molar-refractivity contribution is 7.90. The van der Waals surface area contributed by atoms with Gasteiger partial charge in [0.25, 0.3) is 0 Å². The molecule has 5 heteroatoms. The van der Waals surface area contributed by atoms with Gasteiger partial charge in [-0.2, -0.15) is 0 Å². The van der Waals surface area contributed by atoms with Crippen LogP contribution >= 0.6 is 11.6 Å². The van der Waals surface area contributed by atoms with E-state index in [2.05, 4.69) is 0 Å². The highest BCUT2D eigenvalue weighted by Gasteiger charge is 2.31. The number of allylic oxidation sites excluding steroid dienone is 1. The van der Waals surface area contributed by atoms with Crippen LogP contribution in [0.2, 0.25) is 5.02 Å². The van der Waals surface area contributed by atoms with Gasteiger partial charge >= 0.3 is 0 Å². The van der Waals surface area contributed by atoms with Crippen molar-refractivity contribution in [2.24, 2.45) is 0 Å². The number of nitrogens with one attached hydrogen (secondary N) is 1. The van der Waals surface area contributed by atoms with Crippen LogP contribution in [-0.2, 0) is 10.8 Å². The van der Waals surface area contributed by atoms with Gasteiger partial charge in [-0.1, -0.05) is 41.9 Å². The van der Waals surface area contributed by atoms with Gasteiger partial charge in [0.1, 0.15) is 10.7 Å². The van der Waals surface area contributed by atoms with Crippen LogP contribution in [0.25, 0.3) is 5.76 Å². The number of benzene rings is 2. The fraction of sp³-hybridized carbons (Fsp3) is 0. The van der Waals surface area contributed by atoms with Gasteiger partial charge < -0.3 is 5.11 Å². The van der Waals surface area contributed by atoms with Crippen LogP contribution in [0.3, 0.4) is 0 Å². The molecule has 1 atom stereocenters. The number of rotatable bonds is 2. The minimum atomic E-state index is -1.56. The van der Waals surface area contributed by atoms with Crippen LogP contribution in [0.1, 0.15) is 11.1 Å². The predicted octanol–water partition coefficient (Wildman–Crippen LogP) is 3.76. The van der Waals surface area contributed by atoms with Crippen LogP contribution in [0, 0.1) is 5.41 Å². The molecule has 0 spiro atoms. The molecule has 1 aliphatic heterocycles. The second kappa shape index (κ2) is 4.89. The van der Waals surface area contributed by atoms with Crippen LogP contribution in [0.4, 0.5) is 0 Å². The first-order valence-electron chi connectivity index (χ1n) is 5.89. The molecule has 2 aromatic rings. The van der Waals surface area contributed by atoms with Crippen molar-refractivity contribution in [2.75, 3.05) is 0 Å². The van der Waals surface area contributed by atoms with Gasteiger partial charge in [-0.25, -0.2) is 4.21 Å². The van der Waals surface area contributed by atoms with E-state index in [1.165, 1.54) is 0 Å². The maximum Gasteiger partial charge on any atom is 0.142 e. The zero-order valence-electron chi connectivity index (χ0n) is 10.3. The van der Waals surface area contributed by atoms with Crippen molar-refractivity contribution >= 4 is 33.9 Å². The van der Waals surface area contributed by atoms with Gasteiger partial charge in [-0.3, -0.25) is 5.41 Å². The Morgan fingerprint density at radius 3 is 2.45 bits per heavy atom. The van der Waals surface area contributed by atoms with E-state index >= 15 is 0 Å². The smallest absolute Gasteiger partial charge is 0.142 e. The molecule has 0 amide bonds. The molecular formula is C15H10ClNO2S. The number of hydrogen-bond donors (Lipinski definition) is 2. The lowest BCUT2D eigenvalue weighted by atomic mass is 10.1. The van der Waals surface area contributed by atoms with Crippen LogP contribution in [-0.4, -0.2) is 15.0 Å². The summed E-state index contributed by atoms with van der Waals surface area (Å²) in [6.07, 6.45) is 0. The summed E-state index contributed by atoms with van der Waals surface area (Å²) in [4.78, 5) is 0.635. The van der Waals surface area contributed by atoms with E-state index in [4.69, 9.17) is 17.0 Å². The average Bonchev–Trinajstić information content (AvgIpc) is 2.71. The summed E-state index contributed by atoms with van der Waals surface area (Å²) in [6.45, 7) is 0. The summed E-state index contributed by atoms with van der Waals surface area (Å²) in [5, 5.41) is 18.8. The van der Waals surface area contributed by atoms with Gasteiger partial charge in [-0.15, -0.1) is 0 Å². The summed E-state index contributed by atoms with van der Waals surface area (Å²) in [5.41, 5.74) is 0.956. The van der Waals surface area contributed by atoms with E-state index in [-0.39, 0.29) is 16.4 Å². The molecule has 0 aliphatic carbocycles. The molecule has 1 unspecified atom stereocenters. The highest BCUT2D eigenvalue weighted by atomic mass is 35.5. The van der Waals surface area contributed by atoms with E-state index < -0.39 is 10.8 Å². The Labute approximate surface area is 123 Å². The number of fused-ring (bicyclic) bond motifs is 1. The summed E-state index contributed by atoms with van der Waals surface area (Å²) in [7, 11) is -1.56. The van der Waals surface area contributed by atoms with Crippen molar-refractivity contribution < 1.29 is 9.32 Å². The van der Waals surface area contributed by atoms with Crippen molar-refractivity contribution in [3.05, 3.63) is 69.6 Å². The van der Waals surface area contributed by atoms with Gasteiger partial charge in [0.15, 0.2) is 0 Å². The van der Waals surface area contributed by atoms with Crippen LogP contribution < -0.4 is 0 Å². The minimum absolute atomic E-state index is 0.0115. The number of aliphatic hydroxyl groups is 1. The van der Waals surface area contributed by atoms with Gasteiger partial charge in [0.2, 0.25) is 0 Å². The zero-order valence-corrected chi connectivity index (χ0v) is 11.8. The van der Waals surface area contributed by atoms with Crippen LogP contribution in [0.5, 0.6) is 0 Å². The second-order valence-corrected chi connectivity index (χ2v) is 6.09. The topological polar surface area (TPSA) is 61.1 Å². The molecule has 2 N–H and O–H groups in total. The summed E-state index contributed by atoms with van der Waals surface area (Å²) >= 11 is 6.06. The quantitative estimate of drug-likeness (QED) is 0.830. The standard InChI is InChI=1S/C15H10ClNO2S/c16-11-7-3-1-5-9(11)13(17)15-14(18)10-6-2-4-8-12(10)20(15)19/h1-8,17-18H. The molecule has 3 nitrogen and oxygen atoms in total. The first-order chi connectivity index (χ1) is 9.61. The molecule has 3 rings (SSSR count). The SMILES string of the molecule is N=C(C1=C(O)c2ccccc2S1=O)c1ccccc1Cl. The normalized spacial score (nSPS) is 17.1. The Balaban J connectivity index is 2.13. The fourth-order valence-corrected chi connectivity index (χ4v) is 3.74. The number of halogens is 1. The maximum atomic E-state index is 12.4. The lowest BCUT2D eigenvalue weighted by Crippen LogP contribution is -2.08. The molecule has 0 fully saturated rings. The van der Waals surface area contributed by atoms with E-state index in [0.717, 1.165) is 0 Å². The second-order valence-electron chi connectivity index (χ2n) is 4.30. The Kier molecular flexibility index (Phi) is 3.20. The molecular weight excluding hydrogens is 294 g/mol. The summed E-state index contributed by atoms with van der Waals surface area (Å²) in [5.74, 6) is -0.108. The Bertz CT molecular complexity index is 783. The molecule has 2 aromatic carbocycles. The van der Waals surface area contributed by atoms with E-state index in [9.17, 15) is 9.32 Å². The van der Waals surface area contributed by atoms with Crippen molar-refractivity contribution in [2.45, 2.75) is 4.90 Å². The lowest BCUT2D eigenvalue weighted by Gasteiger charge is -2.07. The predicted molar refractivity (Wildman–Crippen MR) is 80.7 cm³/mol. The molecule has 100 valence electrons. The summed E-state index contributed by atoms with van der Waals surface area (Å²) in [6, 6.07) is 13.7. The molecule has 0 bridgehead atoms. The first kappa shape index (κ1) is 13.1. The Hall–Kier alpha value is -1.91. The number of aliphatic hydroxyl groups excluding tert-OH is 1. The molecule has 0 saturated heterocycles. The van der Waals surface area contributed by atoms with Crippen molar-refractivity contribution in [3.63, 3.8) is 0 Å². The molecule has 1 aliphatic rings. The van der Waals surface area contributed by atoms with E-state index in [0.29, 0.717) is 21.0 Å². The third-order valence-electron chi connectivity index (χ3n) is 3.11. The zero-order chi connectivity index (χ0) is 14.3. The van der Waals surface area contributed by atoms with E-state index in [1.54, 1.807) is 48.5 Å².